The predicted octanol–water partition coefficient (Wildman–Crippen LogP) is 3.63. The van der Waals surface area contributed by atoms with Crippen molar-refractivity contribution in [2.75, 3.05) is 5.32 Å². The maximum absolute atomic E-state index is 11.6. The summed E-state index contributed by atoms with van der Waals surface area (Å²) in [5, 5.41) is 2.69. The Balaban J connectivity index is 2.65. The molecule has 0 saturated heterocycles. The van der Waals surface area contributed by atoms with E-state index in [1.54, 1.807) is 6.20 Å². The molecule has 4 nitrogen and oxygen atoms in total. The van der Waals surface area contributed by atoms with Crippen LogP contribution in [0.5, 0.6) is 0 Å². The van der Waals surface area contributed by atoms with E-state index in [2.05, 4.69) is 24.1 Å². The van der Waals surface area contributed by atoms with Gasteiger partial charge in [0, 0.05) is 6.20 Å². The van der Waals surface area contributed by atoms with Gasteiger partial charge in [0.05, 0.1) is 11.9 Å². The van der Waals surface area contributed by atoms with Crippen LogP contribution in [-0.4, -0.2) is 16.7 Å². The summed E-state index contributed by atoms with van der Waals surface area (Å²) in [6.07, 6.45) is 3.93. The third-order valence-corrected chi connectivity index (χ3v) is 2.08. The molecule has 0 fully saturated rings. The third kappa shape index (κ3) is 5.66. The lowest BCUT2D eigenvalue weighted by Gasteiger charge is -2.19. The second-order valence-corrected chi connectivity index (χ2v) is 5.81. The van der Waals surface area contributed by atoms with Gasteiger partial charge in [-0.05, 0) is 44.7 Å². The largest absolute Gasteiger partial charge is 0.444 e. The summed E-state index contributed by atoms with van der Waals surface area (Å²) in [7, 11) is 0. The monoisotopic (exact) mass is 250 g/mol. The molecule has 1 rings (SSSR count). The zero-order valence-corrected chi connectivity index (χ0v) is 11.8. The molecule has 100 valence electrons. The van der Waals surface area contributed by atoms with Gasteiger partial charge in [-0.3, -0.25) is 10.3 Å². The Morgan fingerprint density at radius 3 is 2.61 bits per heavy atom. The number of carbonyl (C=O) groups excluding carboxylic acids is 1. The maximum atomic E-state index is 11.6. The quantitative estimate of drug-likeness (QED) is 0.891. The predicted molar refractivity (Wildman–Crippen MR) is 72.6 cm³/mol. The first kappa shape index (κ1) is 14.5. The van der Waals surface area contributed by atoms with Crippen molar-refractivity contribution >= 4 is 11.8 Å². The molecule has 0 aliphatic rings. The smallest absolute Gasteiger partial charge is 0.412 e. The van der Waals surface area contributed by atoms with Gasteiger partial charge in [-0.2, -0.15) is 0 Å². The molecule has 0 bridgehead atoms. The topological polar surface area (TPSA) is 51.2 Å². The van der Waals surface area contributed by atoms with E-state index in [-0.39, 0.29) is 0 Å². The van der Waals surface area contributed by atoms with Crippen molar-refractivity contribution in [3.05, 3.63) is 24.0 Å². The molecule has 0 aliphatic carbocycles. The molecule has 0 unspecified atom stereocenters. The summed E-state index contributed by atoms with van der Waals surface area (Å²) in [6, 6.07) is 1.93. The van der Waals surface area contributed by atoms with E-state index in [0.717, 1.165) is 12.0 Å². The van der Waals surface area contributed by atoms with Gasteiger partial charge < -0.3 is 4.74 Å². The van der Waals surface area contributed by atoms with Crippen molar-refractivity contribution in [1.82, 2.24) is 4.98 Å². The number of ether oxygens (including phenoxy) is 1. The van der Waals surface area contributed by atoms with Crippen LogP contribution in [0.4, 0.5) is 10.5 Å². The van der Waals surface area contributed by atoms with Crippen LogP contribution in [0.25, 0.3) is 0 Å². The molecule has 1 aromatic rings. The molecule has 0 atom stereocenters. The molecule has 18 heavy (non-hydrogen) atoms. The lowest BCUT2D eigenvalue weighted by atomic mass is 10.0. The molecule has 0 saturated carbocycles. The number of pyridine rings is 1. The van der Waals surface area contributed by atoms with Gasteiger partial charge in [-0.25, -0.2) is 4.79 Å². The zero-order valence-electron chi connectivity index (χ0n) is 11.8. The van der Waals surface area contributed by atoms with E-state index in [9.17, 15) is 4.79 Å². The normalized spacial score (nSPS) is 11.4. The molecule has 1 N–H and O–H groups in total. The molecule has 0 radical (unpaired) electrons. The van der Waals surface area contributed by atoms with Crippen LogP contribution in [0.15, 0.2) is 18.5 Å². The Morgan fingerprint density at radius 1 is 1.39 bits per heavy atom. The van der Waals surface area contributed by atoms with Gasteiger partial charge in [0.1, 0.15) is 5.60 Å². The van der Waals surface area contributed by atoms with E-state index in [0.29, 0.717) is 11.6 Å². The van der Waals surface area contributed by atoms with Gasteiger partial charge >= 0.3 is 6.09 Å². The Kier molecular flexibility index (Phi) is 4.70. The minimum Gasteiger partial charge on any atom is -0.444 e. The fourth-order valence-electron chi connectivity index (χ4n) is 1.56. The second-order valence-electron chi connectivity index (χ2n) is 5.81. The third-order valence-electron chi connectivity index (χ3n) is 2.08. The van der Waals surface area contributed by atoms with Crippen molar-refractivity contribution in [2.45, 2.75) is 46.6 Å². The van der Waals surface area contributed by atoms with Crippen molar-refractivity contribution in [2.24, 2.45) is 5.92 Å². The first-order valence-electron chi connectivity index (χ1n) is 6.20. The average molecular weight is 250 g/mol. The highest BCUT2D eigenvalue weighted by Gasteiger charge is 2.16. The average Bonchev–Trinajstić information content (AvgIpc) is 2.13. The molecular formula is C14H22N2O2. The summed E-state index contributed by atoms with van der Waals surface area (Å²) >= 11 is 0. The Labute approximate surface area is 109 Å². The number of anilines is 1. The minimum absolute atomic E-state index is 0.453. The second kappa shape index (κ2) is 5.85. The number of nitrogens with zero attached hydrogens (tertiary/aromatic N) is 1. The van der Waals surface area contributed by atoms with Crippen LogP contribution >= 0.6 is 0 Å². The molecule has 1 heterocycles. The molecule has 0 spiro atoms. The number of rotatable bonds is 3. The fourth-order valence-corrected chi connectivity index (χ4v) is 1.56. The summed E-state index contributed by atoms with van der Waals surface area (Å²) in [4.78, 5) is 15.7. The van der Waals surface area contributed by atoms with E-state index < -0.39 is 11.7 Å². The fraction of sp³-hybridized carbons (Fsp3) is 0.571. The number of carbonyl (C=O) groups is 1. The highest BCUT2D eigenvalue weighted by Crippen LogP contribution is 2.14. The van der Waals surface area contributed by atoms with Gasteiger partial charge in [-0.15, -0.1) is 0 Å². The van der Waals surface area contributed by atoms with Crippen molar-refractivity contribution in [1.29, 1.82) is 0 Å². The Bertz CT molecular complexity index is 409. The first-order chi connectivity index (χ1) is 8.26. The SMILES string of the molecule is CC(C)Cc1cncc(NC(=O)OC(C)(C)C)c1. The zero-order chi connectivity index (χ0) is 13.8. The van der Waals surface area contributed by atoms with Gasteiger partial charge in [-0.1, -0.05) is 13.8 Å². The summed E-state index contributed by atoms with van der Waals surface area (Å²) in [5.41, 5.74) is 1.29. The van der Waals surface area contributed by atoms with E-state index >= 15 is 0 Å². The molecule has 4 heteroatoms. The van der Waals surface area contributed by atoms with Crippen molar-refractivity contribution in [3.8, 4) is 0 Å². The van der Waals surface area contributed by atoms with Crippen LogP contribution in [0.1, 0.15) is 40.2 Å². The first-order valence-corrected chi connectivity index (χ1v) is 6.20. The van der Waals surface area contributed by atoms with E-state index in [1.165, 1.54) is 0 Å². The Hall–Kier alpha value is -1.58. The highest BCUT2D eigenvalue weighted by atomic mass is 16.6. The molecule has 0 aliphatic heterocycles. The van der Waals surface area contributed by atoms with E-state index in [4.69, 9.17) is 4.74 Å². The van der Waals surface area contributed by atoms with E-state index in [1.807, 2.05) is 33.0 Å². The number of amides is 1. The summed E-state index contributed by atoms with van der Waals surface area (Å²) < 4.78 is 5.18. The number of hydrogen-bond acceptors (Lipinski definition) is 3. The Morgan fingerprint density at radius 2 is 2.06 bits per heavy atom. The number of aromatic nitrogens is 1. The standard InChI is InChI=1S/C14H22N2O2/c1-10(2)6-11-7-12(9-15-8-11)16-13(17)18-14(3,4)5/h7-10H,6H2,1-5H3,(H,16,17). The highest BCUT2D eigenvalue weighted by molar-refractivity contribution is 5.84. The van der Waals surface area contributed by atoms with Gasteiger partial charge in [0.15, 0.2) is 0 Å². The maximum Gasteiger partial charge on any atom is 0.412 e. The van der Waals surface area contributed by atoms with Crippen LogP contribution in [0.3, 0.4) is 0 Å². The van der Waals surface area contributed by atoms with Crippen LogP contribution < -0.4 is 5.32 Å². The van der Waals surface area contributed by atoms with Crippen LogP contribution in [0, 0.1) is 5.92 Å². The summed E-state index contributed by atoms with van der Waals surface area (Å²) in [5.74, 6) is 0.559. The van der Waals surface area contributed by atoms with Gasteiger partial charge in [0.2, 0.25) is 0 Å². The van der Waals surface area contributed by atoms with Crippen molar-refractivity contribution < 1.29 is 9.53 Å². The lowest BCUT2D eigenvalue weighted by Crippen LogP contribution is -2.27. The van der Waals surface area contributed by atoms with Crippen LogP contribution in [-0.2, 0) is 11.2 Å². The summed E-state index contributed by atoms with van der Waals surface area (Å²) in [6.45, 7) is 9.79. The number of hydrogen-bond donors (Lipinski definition) is 1. The number of nitrogens with one attached hydrogen (secondary N) is 1. The molecular weight excluding hydrogens is 228 g/mol. The lowest BCUT2D eigenvalue weighted by molar-refractivity contribution is 0.0636. The molecule has 0 aromatic carbocycles. The van der Waals surface area contributed by atoms with Gasteiger partial charge in [0.25, 0.3) is 0 Å². The molecule has 1 amide bonds. The minimum atomic E-state index is -0.493. The molecule has 1 aromatic heterocycles. The van der Waals surface area contributed by atoms with Crippen molar-refractivity contribution in [3.63, 3.8) is 0 Å². The van der Waals surface area contributed by atoms with Crippen LogP contribution in [0.2, 0.25) is 0 Å².